The number of methoxy groups -OCH3 is 1. The quantitative estimate of drug-likeness (QED) is 0.437. The molecule has 0 fully saturated rings. The van der Waals surface area contributed by atoms with Crippen LogP contribution in [0.15, 0.2) is 53.5 Å². The molecule has 138 valence electrons. The van der Waals surface area contributed by atoms with Gasteiger partial charge in [-0.05, 0) is 62.7 Å². The lowest BCUT2D eigenvalue weighted by Gasteiger charge is -2.09. The molecule has 1 heterocycles. The molecule has 3 rings (SSSR count). The van der Waals surface area contributed by atoms with E-state index in [-0.39, 0.29) is 5.97 Å². The zero-order valence-corrected chi connectivity index (χ0v) is 16.5. The molecule has 27 heavy (non-hydrogen) atoms. The van der Waals surface area contributed by atoms with Crippen LogP contribution in [0.3, 0.4) is 0 Å². The van der Waals surface area contributed by atoms with E-state index in [0.717, 1.165) is 33.9 Å². The van der Waals surface area contributed by atoms with E-state index in [1.165, 1.54) is 7.11 Å². The molecule has 0 saturated heterocycles. The highest BCUT2D eigenvalue weighted by molar-refractivity contribution is 6.30. The predicted molar refractivity (Wildman–Crippen MR) is 110 cm³/mol. The second kappa shape index (κ2) is 7.80. The molecule has 0 aliphatic heterocycles. The lowest BCUT2D eigenvalue weighted by atomic mass is 10.1. The molecule has 2 aromatic carbocycles. The second-order valence-corrected chi connectivity index (χ2v) is 6.83. The van der Waals surface area contributed by atoms with E-state index in [0.29, 0.717) is 10.6 Å². The van der Waals surface area contributed by atoms with Crippen LogP contribution in [0.5, 0.6) is 0 Å². The molecular formula is C22H21ClN2O2. The number of ether oxygens (including phenoxy) is 1. The van der Waals surface area contributed by atoms with Crippen LogP contribution in [0.4, 0.5) is 5.69 Å². The van der Waals surface area contributed by atoms with Gasteiger partial charge in [0.1, 0.15) is 0 Å². The molecule has 0 saturated carbocycles. The minimum atomic E-state index is -0.370. The zero-order valence-electron chi connectivity index (χ0n) is 15.8. The zero-order chi connectivity index (χ0) is 19.6. The summed E-state index contributed by atoms with van der Waals surface area (Å²) in [6, 6.07) is 15.2. The fourth-order valence-corrected chi connectivity index (χ4v) is 3.25. The molecule has 4 nitrogen and oxygen atoms in total. The molecule has 1 aromatic heterocycles. The summed E-state index contributed by atoms with van der Waals surface area (Å²) in [5, 5.41) is 0.700. The Kier molecular flexibility index (Phi) is 5.47. The van der Waals surface area contributed by atoms with Crippen molar-refractivity contribution in [2.24, 2.45) is 4.99 Å². The van der Waals surface area contributed by atoms with Gasteiger partial charge in [0.25, 0.3) is 0 Å². The average molecular weight is 381 g/mol. The van der Waals surface area contributed by atoms with Crippen molar-refractivity contribution in [1.82, 2.24) is 4.57 Å². The van der Waals surface area contributed by atoms with Crippen LogP contribution in [-0.4, -0.2) is 23.9 Å². The Bertz CT molecular complexity index is 1030. The summed E-state index contributed by atoms with van der Waals surface area (Å²) in [6.07, 6.45) is 1.83. The molecule has 0 atom stereocenters. The molecule has 0 radical (unpaired) electrons. The Balaban J connectivity index is 1.98. The Morgan fingerprint density at radius 3 is 2.59 bits per heavy atom. The van der Waals surface area contributed by atoms with E-state index >= 15 is 0 Å². The highest BCUT2D eigenvalue weighted by Crippen LogP contribution is 2.24. The van der Waals surface area contributed by atoms with Gasteiger partial charge >= 0.3 is 5.97 Å². The van der Waals surface area contributed by atoms with E-state index in [2.05, 4.69) is 15.6 Å². The summed E-state index contributed by atoms with van der Waals surface area (Å²) < 4.78 is 6.93. The van der Waals surface area contributed by atoms with E-state index in [9.17, 15) is 4.79 Å². The van der Waals surface area contributed by atoms with Crippen molar-refractivity contribution in [3.8, 4) is 5.69 Å². The van der Waals surface area contributed by atoms with Crippen molar-refractivity contribution in [1.29, 1.82) is 0 Å². The van der Waals surface area contributed by atoms with Crippen LogP contribution < -0.4 is 0 Å². The first-order chi connectivity index (χ1) is 12.9. The first-order valence-electron chi connectivity index (χ1n) is 8.58. The van der Waals surface area contributed by atoms with Gasteiger partial charge in [0.15, 0.2) is 0 Å². The second-order valence-electron chi connectivity index (χ2n) is 6.39. The molecular weight excluding hydrogens is 360 g/mol. The van der Waals surface area contributed by atoms with Crippen molar-refractivity contribution in [2.45, 2.75) is 20.8 Å². The molecule has 0 unspecified atom stereocenters. The van der Waals surface area contributed by atoms with Crippen LogP contribution in [0, 0.1) is 20.8 Å². The fraction of sp³-hybridized carbons (Fsp3) is 0.182. The number of aromatic nitrogens is 1. The normalized spacial score (nSPS) is 11.1. The summed E-state index contributed by atoms with van der Waals surface area (Å²) in [7, 11) is 1.37. The molecule has 0 aliphatic carbocycles. The highest BCUT2D eigenvalue weighted by Gasteiger charge is 2.11. The van der Waals surface area contributed by atoms with Gasteiger partial charge in [0.2, 0.25) is 0 Å². The lowest BCUT2D eigenvalue weighted by Crippen LogP contribution is -2.00. The molecule has 0 bridgehead atoms. The highest BCUT2D eigenvalue weighted by atomic mass is 35.5. The van der Waals surface area contributed by atoms with Crippen molar-refractivity contribution >= 4 is 29.5 Å². The summed E-state index contributed by atoms with van der Waals surface area (Å²) >= 11 is 6.14. The first kappa shape index (κ1) is 18.9. The van der Waals surface area contributed by atoms with Gasteiger partial charge in [-0.2, -0.15) is 0 Å². The largest absolute Gasteiger partial charge is 0.465 e. The van der Waals surface area contributed by atoms with E-state index < -0.39 is 0 Å². The van der Waals surface area contributed by atoms with Crippen molar-refractivity contribution < 1.29 is 9.53 Å². The fourth-order valence-electron chi connectivity index (χ4n) is 3.06. The van der Waals surface area contributed by atoms with Crippen molar-refractivity contribution in [3.63, 3.8) is 0 Å². The summed E-state index contributed by atoms with van der Waals surface area (Å²) in [5.74, 6) is -0.370. The van der Waals surface area contributed by atoms with E-state index in [1.807, 2.05) is 57.3 Å². The van der Waals surface area contributed by atoms with Crippen LogP contribution >= 0.6 is 11.6 Å². The number of benzene rings is 2. The van der Waals surface area contributed by atoms with Gasteiger partial charge in [-0.25, -0.2) is 4.79 Å². The molecule has 3 aromatic rings. The van der Waals surface area contributed by atoms with Crippen LogP contribution in [0.1, 0.15) is 32.9 Å². The standard InChI is InChI=1S/C22H21ClN2O2/c1-14-8-9-17(22(26)27-4)11-21(14)24-13-18-10-15(2)25(16(18)3)20-7-5-6-19(23)12-20/h5-13H,1-4H3. The van der Waals surface area contributed by atoms with Crippen LogP contribution in [0.25, 0.3) is 5.69 Å². The van der Waals surface area contributed by atoms with Crippen molar-refractivity contribution in [2.75, 3.05) is 7.11 Å². The number of nitrogens with zero attached hydrogens (tertiary/aromatic N) is 2. The molecule has 0 N–H and O–H groups in total. The number of carbonyl (C=O) groups is 1. The minimum Gasteiger partial charge on any atom is -0.465 e. The van der Waals surface area contributed by atoms with Gasteiger partial charge in [-0.1, -0.05) is 23.7 Å². The third kappa shape index (κ3) is 3.96. The topological polar surface area (TPSA) is 43.6 Å². The third-order valence-corrected chi connectivity index (χ3v) is 4.74. The maximum atomic E-state index is 11.7. The van der Waals surface area contributed by atoms with E-state index in [1.54, 1.807) is 12.1 Å². The maximum Gasteiger partial charge on any atom is 0.337 e. The monoisotopic (exact) mass is 380 g/mol. The Morgan fingerprint density at radius 1 is 1.11 bits per heavy atom. The number of hydrogen-bond acceptors (Lipinski definition) is 3. The number of rotatable bonds is 4. The first-order valence-corrected chi connectivity index (χ1v) is 8.96. The van der Waals surface area contributed by atoms with Gasteiger partial charge in [0.05, 0.1) is 18.4 Å². The van der Waals surface area contributed by atoms with Gasteiger partial charge in [0, 0.05) is 33.9 Å². The predicted octanol–water partition coefficient (Wildman–Crippen LogP) is 5.59. The Labute approximate surface area is 164 Å². The molecule has 0 amide bonds. The number of aliphatic imine (C=N–C) groups is 1. The maximum absolute atomic E-state index is 11.7. The van der Waals surface area contributed by atoms with Gasteiger partial charge < -0.3 is 9.30 Å². The van der Waals surface area contributed by atoms with E-state index in [4.69, 9.17) is 16.3 Å². The van der Waals surface area contributed by atoms with Gasteiger partial charge in [-0.3, -0.25) is 4.99 Å². The lowest BCUT2D eigenvalue weighted by molar-refractivity contribution is 0.0601. The SMILES string of the molecule is COC(=O)c1ccc(C)c(N=Cc2cc(C)n(-c3cccc(Cl)c3)c2C)c1. The number of hydrogen-bond donors (Lipinski definition) is 0. The number of aryl methyl sites for hydroxylation is 2. The molecule has 0 aliphatic rings. The number of esters is 1. The van der Waals surface area contributed by atoms with Gasteiger partial charge in [-0.15, -0.1) is 0 Å². The molecule has 5 heteroatoms. The average Bonchev–Trinajstić information content (AvgIpc) is 2.93. The Morgan fingerprint density at radius 2 is 1.89 bits per heavy atom. The van der Waals surface area contributed by atoms with Crippen molar-refractivity contribution in [3.05, 3.63) is 81.6 Å². The summed E-state index contributed by atoms with van der Waals surface area (Å²) in [6.45, 7) is 6.06. The summed E-state index contributed by atoms with van der Waals surface area (Å²) in [4.78, 5) is 16.4. The smallest absolute Gasteiger partial charge is 0.337 e. The molecule has 0 spiro atoms. The Hall–Kier alpha value is -2.85. The van der Waals surface area contributed by atoms with Crippen LogP contribution in [-0.2, 0) is 4.74 Å². The number of halogens is 1. The summed E-state index contributed by atoms with van der Waals surface area (Å²) in [5.41, 5.74) is 6.40. The minimum absolute atomic E-state index is 0.370. The number of carbonyl (C=O) groups excluding carboxylic acids is 1. The third-order valence-electron chi connectivity index (χ3n) is 4.51. The van der Waals surface area contributed by atoms with Crippen LogP contribution in [0.2, 0.25) is 5.02 Å².